The van der Waals surface area contributed by atoms with Crippen molar-refractivity contribution in [1.82, 2.24) is 15.0 Å². The first kappa shape index (κ1) is 16.6. The van der Waals surface area contributed by atoms with Gasteiger partial charge in [-0.3, -0.25) is 4.79 Å². The molecule has 0 aliphatic heterocycles. The summed E-state index contributed by atoms with van der Waals surface area (Å²) in [6.07, 6.45) is 2.33. The summed E-state index contributed by atoms with van der Waals surface area (Å²) in [5, 5.41) is 5.49. The molecule has 1 amide bonds. The van der Waals surface area contributed by atoms with Crippen LogP contribution in [0.3, 0.4) is 0 Å². The highest BCUT2D eigenvalue weighted by atomic mass is 32.2. The molecule has 1 heterocycles. The summed E-state index contributed by atoms with van der Waals surface area (Å²) in [5.41, 5.74) is 0. The van der Waals surface area contributed by atoms with E-state index in [1.807, 2.05) is 5.38 Å². The second-order valence-electron chi connectivity index (χ2n) is 4.62. The lowest BCUT2D eigenvalue weighted by atomic mass is 10.3. The quantitative estimate of drug-likeness (QED) is 0.792. The first-order valence-electron chi connectivity index (χ1n) is 6.72. The van der Waals surface area contributed by atoms with Gasteiger partial charge in [0.05, 0.1) is 15.9 Å². The van der Waals surface area contributed by atoms with Gasteiger partial charge in [-0.05, 0) is 19.1 Å². The van der Waals surface area contributed by atoms with Gasteiger partial charge in [0.25, 0.3) is 0 Å². The van der Waals surface area contributed by atoms with Crippen LogP contribution in [0.1, 0.15) is 11.9 Å². The number of hydrogen-bond donors (Lipinski definition) is 2. The molecule has 6 nitrogen and oxygen atoms in total. The minimum absolute atomic E-state index is 0.137. The normalized spacial score (nSPS) is 12.8. The first-order chi connectivity index (χ1) is 10.5. The largest absolute Gasteiger partial charge is 0.354 e. The number of rotatable bonds is 7. The monoisotopic (exact) mass is 339 g/mol. The summed E-state index contributed by atoms with van der Waals surface area (Å²) < 4.78 is 26.6. The third-order valence-corrected chi connectivity index (χ3v) is 5.30. The van der Waals surface area contributed by atoms with Gasteiger partial charge in [-0.2, -0.15) is 4.72 Å². The summed E-state index contributed by atoms with van der Waals surface area (Å²) >= 11 is 1.52. The molecule has 1 aromatic carbocycles. The van der Waals surface area contributed by atoms with Gasteiger partial charge in [0.2, 0.25) is 15.9 Å². The van der Waals surface area contributed by atoms with E-state index in [4.69, 9.17) is 0 Å². The Labute approximate surface area is 133 Å². The maximum absolute atomic E-state index is 12.1. The lowest BCUT2D eigenvalue weighted by molar-refractivity contribution is -0.122. The first-order valence-corrected chi connectivity index (χ1v) is 9.09. The lowest BCUT2D eigenvalue weighted by Crippen LogP contribution is -2.45. The predicted octanol–water partition coefficient (Wildman–Crippen LogP) is 1.17. The summed E-state index contributed by atoms with van der Waals surface area (Å²) in [7, 11) is -3.69. The molecule has 1 aromatic heterocycles. The molecule has 2 aromatic rings. The number of thiazole rings is 1. The molecular formula is C14H17N3O3S2. The SMILES string of the molecule is CC(NS(=O)(=O)c1ccccc1)C(=O)NCCc1nccs1. The molecule has 0 saturated heterocycles. The Kier molecular flexibility index (Phi) is 5.64. The van der Waals surface area contributed by atoms with Gasteiger partial charge in [-0.1, -0.05) is 18.2 Å². The van der Waals surface area contributed by atoms with Crippen molar-refractivity contribution in [2.45, 2.75) is 24.3 Å². The fourth-order valence-electron chi connectivity index (χ4n) is 1.78. The zero-order valence-corrected chi connectivity index (χ0v) is 13.7. The third kappa shape index (κ3) is 4.62. The van der Waals surface area contributed by atoms with E-state index in [-0.39, 0.29) is 10.8 Å². The van der Waals surface area contributed by atoms with Gasteiger partial charge in [-0.25, -0.2) is 13.4 Å². The molecule has 1 atom stereocenters. The van der Waals surface area contributed by atoms with Crippen LogP contribution >= 0.6 is 11.3 Å². The molecule has 118 valence electrons. The van der Waals surface area contributed by atoms with Crippen LogP contribution in [0.5, 0.6) is 0 Å². The molecule has 0 spiro atoms. The average Bonchev–Trinajstić information content (AvgIpc) is 3.01. The topological polar surface area (TPSA) is 88.2 Å². The minimum Gasteiger partial charge on any atom is -0.354 e. The van der Waals surface area contributed by atoms with Gasteiger partial charge in [0.15, 0.2) is 0 Å². The van der Waals surface area contributed by atoms with Gasteiger partial charge in [0.1, 0.15) is 0 Å². The van der Waals surface area contributed by atoms with Crippen LogP contribution in [-0.4, -0.2) is 31.9 Å². The number of carbonyl (C=O) groups excluding carboxylic acids is 1. The van der Waals surface area contributed by atoms with Gasteiger partial charge in [-0.15, -0.1) is 11.3 Å². The summed E-state index contributed by atoms with van der Waals surface area (Å²) in [5.74, 6) is -0.365. The third-order valence-electron chi connectivity index (χ3n) is 2.90. The van der Waals surface area contributed by atoms with Crippen molar-refractivity contribution >= 4 is 27.3 Å². The smallest absolute Gasteiger partial charge is 0.241 e. The minimum atomic E-state index is -3.69. The van der Waals surface area contributed by atoms with Crippen LogP contribution in [0.15, 0.2) is 46.8 Å². The predicted molar refractivity (Wildman–Crippen MR) is 85.1 cm³/mol. The van der Waals surface area contributed by atoms with Crippen molar-refractivity contribution in [3.8, 4) is 0 Å². The number of amides is 1. The van der Waals surface area contributed by atoms with E-state index < -0.39 is 16.1 Å². The number of benzene rings is 1. The molecule has 0 fully saturated rings. The zero-order valence-electron chi connectivity index (χ0n) is 12.0. The Bertz CT molecular complexity index is 700. The number of carbonyl (C=O) groups is 1. The Balaban J connectivity index is 1.85. The Morgan fingerprint density at radius 3 is 2.68 bits per heavy atom. The van der Waals surface area contributed by atoms with E-state index in [1.165, 1.54) is 30.4 Å². The zero-order chi connectivity index (χ0) is 16.0. The van der Waals surface area contributed by atoms with Crippen molar-refractivity contribution in [2.75, 3.05) is 6.54 Å². The van der Waals surface area contributed by atoms with Crippen molar-refractivity contribution in [2.24, 2.45) is 0 Å². The number of sulfonamides is 1. The Morgan fingerprint density at radius 1 is 1.32 bits per heavy atom. The standard InChI is InChI=1S/C14H17N3O3S2/c1-11(14(18)16-8-7-13-15-9-10-21-13)17-22(19,20)12-5-3-2-4-6-12/h2-6,9-11,17H,7-8H2,1H3,(H,16,18). The average molecular weight is 339 g/mol. The van der Waals surface area contributed by atoms with Crippen LogP contribution in [0.2, 0.25) is 0 Å². The van der Waals surface area contributed by atoms with Crippen LogP contribution in [0.4, 0.5) is 0 Å². The second-order valence-corrected chi connectivity index (χ2v) is 7.32. The van der Waals surface area contributed by atoms with E-state index in [2.05, 4.69) is 15.0 Å². The Hall–Kier alpha value is -1.77. The molecule has 8 heteroatoms. The fraction of sp³-hybridized carbons (Fsp3) is 0.286. The van der Waals surface area contributed by atoms with E-state index in [0.29, 0.717) is 13.0 Å². The highest BCUT2D eigenvalue weighted by Gasteiger charge is 2.21. The highest BCUT2D eigenvalue weighted by molar-refractivity contribution is 7.89. The Morgan fingerprint density at radius 2 is 2.05 bits per heavy atom. The molecular weight excluding hydrogens is 322 g/mol. The van der Waals surface area contributed by atoms with Crippen molar-refractivity contribution in [3.63, 3.8) is 0 Å². The van der Waals surface area contributed by atoms with Crippen molar-refractivity contribution < 1.29 is 13.2 Å². The van der Waals surface area contributed by atoms with Gasteiger partial charge < -0.3 is 5.32 Å². The molecule has 0 aliphatic carbocycles. The highest BCUT2D eigenvalue weighted by Crippen LogP contribution is 2.08. The summed E-state index contributed by atoms with van der Waals surface area (Å²) in [6, 6.07) is 7.11. The number of hydrogen-bond acceptors (Lipinski definition) is 5. The molecule has 0 bridgehead atoms. The van der Waals surface area contributed by atoms with Crippen LogP contribution < -0.4 is 10.0 Å². The van der Waals surface area contributed by atoms with Crippen molar-refractivity contribution in [1.29, 1.82) is 0 Å². The number of nitrogens with zero attached hydrogens (tertiary/aromatic N) is 1. The van der Waals surface area contributed by atoms with E-state index in [0.717, 1.165) is 5.01 Å². The maximum Gasteiger partial charge on any atom is 0.241 e. The van der Waals surface area contributed by atoms with Gasteiger partial charge in [0, 0.05) is 24.5 Å². The summed E-state index contributed by atoms with van der Waals surface area (Å²) in [4.78, 5) is 16.2. The van der Waals surface area contributed by atoms with E-state index >= 15 is 0 Å². The number of aromatic nitrogens is 1. The fourth-order valence-corrected chi connectivity index (χ4v) is 3.62. The van der Waals surface area contributed by atoms with Gasteiger partial charge >= 0.3 is 0 Å². The molecule has 1 unspecified atom stereocenters. The lowest BCUT2D eigenvalue weighted by Gasteiger charge is -2.14. The van der Waals surface area contributed by atoms with Crippen LogP contribution in [0.25, 0.3) is 0 Å². The molecule has 0 saturated carbocycles. The molecule has 2 N–H and O–H groups in total. The van der Waals surface area contributed by atoms with Crippen LogP contribution in [0, 0.1) is 0 Å². The van der Waals surface area contributed by atoms with Crippen molar-refractivity contribution in [3.05, 3.63) is 46.9 Å². The molecule has 22 heavy (non-hydrogen) atoms. The van der Waals surface area contributed by atoms with E-state index in [9.17, 15) is 13.2 Å². The van der Waals surface area contributed by atoms with E-state index in [1.54, 1.807) is 24.4 Å². The molecule has 0 aliphatic rings. The van der Waals surface area contributed by atoms with Crippen LogP contribution in [-0.2, 0) is 21.2 Å². The molecule has 2 rings (SSSR count). The number of nitrogens with one attached hydrogen (secondary N) is 2. The maximum atomic E-state index is 12.1. The second kappa shape index (κ2) is 7.48. The summed E-state index contributed by atoms with van der Waals surface area (Å²) in [6.45, 7) is 1.93. The molecule has 0 radical (unpaired) electrons.